The molecule has 0 aliphatic carbocycles. The minimum atomic E-state index is -4.49. The zero-order valence-corrected chi connectivity index (χ0v) is 15.7. The molecule has 1 aromatic heterocycles. The van der Waals surface area contributed by atoms with E-state index in [0.717, 1.165) is 17.5 Å². The van der Waals surface area contributed by atoms with E-state index in [0.29, 0.717) is 18.4 Å². The third-order valence-electron chi connectivity index (χ3n) is 3.85. The number of halogens is 3. The second-order valence-electron chi connectivity index (χ2n) is 5.82. The van der Waals surface area contributed by atoms with Crippen LogP contribution in [0, 0.1) is 13.8 Å². The van der Waals surface area contributed by atoms with Gasteiger partial charge in [0.05, 0.1) is 31.5 Å². The second-order valence-corrected chi connectivity index (χ2v) is 5.82. The van der Waals surface area contributed by atoms with Gasteiger partial charge in [-0.05, 0) is 38.5 Å². The maximum absolute atomic E-state index is 13.3. The van der Waals surface area contributed by atoms with Crippen molar-refractivity contribution in [1.82, 2.24) is 15.6 Å². The Labute approximate surface area is 155 Å². The number of hydrogen-bond acceptors (Lipinski definition) is 4. The summed E-state index contributed by atoms with van der Waals surface area (Å²) in [5, 5.41) is 5.99. The molecule has 0 radical (unpaired) electrons. The standard InChI is InChI=1S/C18H23F3N4O2/c1-5-22-17(24-10-16-25-11(2)12(3)27-16)23-9-13-6-7-14(26-4)8-15(13)18(19,20)21/h6-8H,5,9-10H2,1-4H3,(H2,22,23,24). The lowest BCUT2D eigenvalue weighted by molar-refractivity contribution is -0.138. The van der Waals surface area contributed by atoms with Crippen molar-refractivity contribution in [3.8, 4) is 5.75 Å². The van der Waals surface area contributed by atoms with E-state index in [2.05, 4.69) is 20.6 Å². The summed E-state index contributed by atoms with van der Waals surface area (Å²) in [6, 6.07) is 3.83. The van der Waals surface area contributed by atoms with Crippen LogP contribution in [0.15, 0.2) is 27.6 Å². The van der Waals surface area contributed by atoms with E-state index >= 15 is 0 Å². The summed E-state index contributed by atoms with van der Waals surface area (Å²) in [6.45, 7) is 6.21. The molecule has 0 saturated carbocycles. The smallest absolute Gasteiger partial charge is 0.416 e. The fraction of sp³-hybridized carbons (Fsp3) is 0.444. The molecule has 9 heteroatoms. The van der Waals surface area contributed by atoms with Crippen LogP contribution in [0.4, 0.5) is 13.2 Å². The van der Waals surface area contributed by atoms with E-state index < -0.39 is 11.7 Å². The summed E-state index contributed by atoms with van der Waals surface area (Å²) in [6.07, 6.45) is -4.49. The van der Waals surface area contributed by atoms with Crippen LogP contribution in [0.1, 0.15) is 35.4 Å². The first-order valence-electron chi connectivity index (χ1n) is 8.43. The number of aromatic nitrogens is 1. The van der Waals surface area contributed by atoms with Gasteiger partial charge in [0.25, 0.3) is 0 Å². The number of aliphatic imine (C=N–C) groups is 1. The van der Waals surface area contributed by atoms with Gasteiger partial charge in [0.1, 0.15) is 11.5 Å². The predicted octanol–water partition coefficient (Wildman–Crippen LogP) is 3.57. The van der Waals surface area contributed by atoms with Crippen LogP contribution >= 0.6 is 0 Å². The van der Waals surface area contributed by atoms with E-state index in [1.54, 1.807) is 0 Å². The molecule has 0 aliphatic rings. The number of guanidine groups is 1. The maximum Gasteiger partial charge on any atom is 0.416 e. The van der Waals surface area contributed by atoms with Gasteiger partial charge in [-0.15, -0.1) is 0 Å². The summed E-state index contributed by atoms with van der Waals surface area (Å²) in [4.78, 5) is 8.49. The van der Waals surface area contributed by atoms with E-state index in [1.165, 1.54) is 19.2 Å². The van der Waals surface area contributed by atoms with Crippen molar-refractivity contribution in [3.05, 3.63) is 46.7 Å². The summed E-state index contributed by atoms with van der Waals surface area (Å²) in [7, 11) is 1.33. The topological polar surface area (TPSA) is 71.7 Å². The molecule has 0 aliphatic heterocycles. The highest BCUT2D eigenvalue weighted by Crippen LogP contribution is 2.34. The monoisotopic (exact) mass is 384 g/mol. The molecule has 1 aromatic carbocycles. The number of alkyl halides is 3. The van der Waals surface area contributed by atoms with Crippen LogP contribution in [0.3, 0.4) is 0 Å². The fourth-order valence-electron chi connectivity index (χ4n) is 2.36. The van der Waals surface area contributed by atoms with Crippen molar-refractivity contribution >= 4 is 5.96 Å². The Morgan fingerprint density at radius 2 is 2.00 bits per heavy atom. The highest BCUT2D eigenvalue weighted by atomic mass is 19.4. The quantitative estimate of drug-likeness (QED) is 0.589. The highest BCUT2D eigenvalue weighted by Gasteiger charge is 2.33. The number of nitrogens with zero attached hydrogens (tertiary/aromatic N) is 2. The molecule has 2 N–H and O–H groups in total. The van der Waals surface area contributed by atoms with Gasteiger partial charge in [0, 0.05) is 6.54 Å². The molecular formula is C18H23F3N4O2. The van der Waals surface area contributed by atoms with Crippen LogP contribution < -0.4 is 15.4 Å². The number of benzene rings is 1. The van der Waals surface area contributed by atoms with Crippen LogP contribution in [0.2, 0.25) is 0 Å². The maximum atomic E-state index is 13.3. The normalized spacial score (nSPS) is 12.2. The van der Waals surface area contributed by atoms with E-state index in [9.17, 15) is 13.2 Å². The molecule has 0 unspecified atom stereocenters. The number of methoxy groups -OCH3 is 1. The van der Waals surface area contributed by atoms with E-state index in [1.807, 2.05) is 20.8 Å². The van der Waals surface area contributed by atoms with Crippen molar-refractivity contribution in [2.75, 3.05) is 13.7 Å². The minimum Gasteiger partial charge on any atom is -0.497 e. The first kappa shape index (κ1) is 20.6. The second kappa shape index (κ2) is 8.79. The van der Waals surface area contributed by atoms with Gasteiger partial charge in [0.2, 0.25) is 5.89 Å². The van der Waals surface area contributed by atoms with E-state index in [-0.39, 0.29) is 24.4 Å². The molecule has 0 spiro atoms. The predicted molar refractivity (Wildman–Crippen MR) is 95.6 cm³/mol. The Bertz CT molecular complexity index is 781. The lowest BCUT2D eigenvalue weighted by atomic mass is 10.1. The van der Waals surface area contributed by atoms with Gasteiger partial charge >= 0.3 is 6.18 Å². The van der Waals surface area contributed by atoms with Crippen LogP contribution in [-0.2, 0) is 19.3 Å². The molecular weight excluding hydrogens is 361 g/mol. The van der Waals surface area contributed by atoms with Crippen molar-refractivity contribution < 1.29 is 22.3 Å². The van der Waals surface area contributed by atoms with Gasteiger partial charge in [-0.1, -0.05) is 6.07 Å². The van der Waals surface area contributed by atoms with Crippen LogP contribution in [0.5, 0.6) is 5.75 Å². The molecule has 0 saturated heterocycles. The Kier molecular flexibility index (Phi) is 6.70. The van der Waals surface area contributed by atoms with Crippen molar-refractivity contribution in [2.45, 2.75) is 40.0 Å². The number of oxazole rings is 1. The molecule has 148 valence electrons. The summed E-state index contributed by atoms with van der Waals surface area (Å²) in [5.74, 6) is 1.72. The Hall–Kier alpha value is -2.71. The molecule has 1 heterocycles. The first-order valence-corrected chi connectivity index (χ1v) is 8.43. The molecule has 0 amide bonds. The summed E-state index contributed by atoms with van der Waals surface area (Å²) >= 11 is 0. The van der Waals surface area contributed by atoms with Gasteiger partial charge in [-0.25, -0.2) is 9.98 Å². The van der Waals surface area contributed by atoms with Gasteiger partial charge in [0.15, 0.2) is 5.96 Å². The van der Waals surface area contributed by atoms with E-state index in [4.69, 9.17) is 9.15 Å². The summed E-state index contributed by atoms with van der Waals surface area (Å²) < 4.78 is 50.2. The molecule has 2 rings (SSSR count). The summed E-state index contributed by atoms with van der Waals surface area (Å²) in [5.41, 5.74) is 0.0884. The van der Waals surface area contributed by atoms with Crippen LogP contribution in [0.25, 0.3) is 0 Å². The number of nitrogens with one attached hydrogen (secondary N) is 2. The molecule has 2 aromatic rings. The molecule has 6 nitrogen and oxygen atoms in total. The third kappa shape index (κ3) is 5.63. The van der Waals surface area contributed by atoms with Crippen LogP contribution in [-0.4, -0.2) is 24.6 Å². The zero-order valence-electron chi connectivity index (χ0n) is 15.7. The van der Waals surface area contributed by atoms with Crippen molar-refractivity contribution in [2.24, 2.45) is 4.99 Å². The number of ether oxygens (including phenoxy) is 1. The zero-order chi connectivity index (χ0) is 20.0. The highest BCUT2D eigenvalue weighted by molar-refractivity contribution is 5.79. The van der Waals surface area contributed by atoms with Gasteiger partial charge < -0.3 is 19.8 Å². The average Bonchev–Trinajstić information content (AvgIpc) is 2.94. The fourth-order valence-corrected chi connectivity index (χ4v) is 2.36. The number of rotatable bonds is 6. The molecule has 0 atom stereocenters. The molecule has 27 heavy (non-hydrogen) atoms. The Balaban J connectivity index is 2.16. The van der Waals surface area contributed by atoms with Gasteiger partial charge in [-0.2, -0.15) is 13.2 Å². The molecule has 0 fully saturated rings. The Morgan fingerprint density at radius 3 is 2.56 bits per heavy atom. The van der Waals surface area contributed by atoms with Crippen molar-refractivity contribution in [1.29, 1.82) is 0 Å². The molecule has 0 bridgehead atoms. The van der Waals surface area contributed by atoms with Gasteiger partial charge in [-0.3, -0.25) is 0 Å². The largest absolute Gasteiger partial charge is 0.497 e. The lowest BCUT2D eigenvalue weighted by Gasteiger charge is -2.14. The SMILES string of the molecule is CCNC(=NCc1ccc(OC)cc1C(F)(F)F)NCc1nc(C)c(C)o1. The first-order chi connectivity index (χ1) is 12.7. The lowest BCUT2D eigenvalue weighted by Crippen LogP contribution is -2.36. The average molecular weight is 384 g/mol. The Morgan fingerprint density at radius 1 is 1.26 bits per heavy atom. The van der Waals surface area contributed by atoms with Crippen molar-refractivity contribution in [3.63, 3.8) is 0 Å². The number of aryl methyl sites for hydroxylation is 2. The minimum absolute atomic E-state index is 0.0586. The number of hydrogen-bond donors (Lipinski definition) is 2. The third-order valence-corrected chi connectivity index (χ3v) is 3.85.